The van der Waals surface area contributed by atoms with Gasteiger partial charge in [-0.2, -0.15) is 0 Å². The molecule has 1 aliphatic heterocycles. The summed E-state index contributed by atoms with van der Waals surface area (Å²) in [7, 11) is 0. The molecule has 1 atom stereocenters. The van der Waals surface area contributed by atoms with Gasteiger partial charge in [-0.3, -0.25) is 9.59 Å². The van der Waals surface area contributed by atoms with Crippen LogP contribution < -0.4 is 10.8 Å². The van der Waals surface area contributed by atoms with Crippen molar-refractivity contribution < 1.29 is 19.5 Å². The number of carbonyl (C=O) groups is 3. The minimum Gasteiger partial charge on any atom is -0.550 e. The fourth-order valence-electron chi connectivity index (χ4n) is 1.71. The van der Waals surface area contributed by atoms with E-state index in [0.29, 0.717) is 13.0 Å². The van der Waals surface area contributed by atoms with Gasteiger partial charge in [-0.15, -0.1) is 0 Å². The molecule has 1 unspecified atom stereocenters. The first-order valence-corrected chi connectivity index (χ1v) is 4.81. The van der Waals surface area contributed by atoms with E-state index in [9.17, 15) is 19.5 Å². The summed E-state index contributed by atoms with van der Waals surface area (Å²) in [6, 6.07) is -0.570. The van der Waals surface area contributed by atoms with E-state index in [1.165, 1.54) is 4.90 Å². The van der Waals surface area contributed by atoms with Gasteiger partial charge in [0.15, 0.2) is 0 Å². The Hall–Kier alpha value is -1.59. The molecule has 15 heavy (non-hydrogen) atoms. The largest absolute Gasteiger partial charge is 0.550 e. The summed E-state index contributed by atoms with van der Waals surface area (Å²) in [5, 5.41) is 10.2. The molecule has 0 aromatic rings. The Kier molecular flexibility index (Phi) is 3.65. The average molecular weight is 213 g/mol. The Bertz CT molecular complexity index is 290. The summed E-state index contributed by atoms with van der Waals surface area (Å²) >= 11 is 0. The van der Waals surface area contributed by atoms with Crippen molar-refractivity contribution in [1.29, 1.82) is 0 Å². The molecule has 0 aliphatic carbocycles. The Balaban J connectivity index is 2.51. The number of primary amides is 1. The van der Waals surface area contributed by atoms with Crippen molar-refractivity contribution >= 4 is 17.8 Å². The topological polar surface area (TPSA) is 104 Å². The molecule has 6 heteroatoms. The summed E-state index contributed by atoms with van der Waals surface area (Å²) in [6.07, 6.45) is 0.837. The molecule has 2 amide bonds. The number of carboxylic acid groups (broad SMARTS) is 1. The standard InChI is InChI=1S/C9H14N2O4/c10-9(15)6-2-1-5-11(6)7(12)3-4-8(13)14/h6H,1-5H2,(H2,10,15)(H,13,14)/p-1. The van der Waals surface area contributed by atoms with Crippen LogP contribution in [0.3, 0.4) is 0 Å². The van der Waals surface area contributed by atoms with Crippen LogP contribution in [0.25, 0.3) is 0 Å². The third-order valence-corrected chi connectivity index (χ3v) is 2.44. The average Bonchev–Trinajstić information content (AvgIpc) is 2.62. The van der Waals surface area contributed by atoms with Crippen LogP contribution in [0.2, 0.25) is 0 Å². The molecule has 1 aliphatic rings. The molecule has 1 saturated heterocycles. The number of carbonyl (C=O) groups excluding carboxylic acids is 3. The van der Waals surface area contributed by atoms with Gasteiger partial charge in [0.2, 0.25) is 11.8 Å². The smallest absolute Gasteiger partial charge is 0.240 e. The Morgan fingerprint density at radius 2 is 2.00 bits per heavy atom. The van der Waals surface area contributed by atoms with Gasteiger partial charge in [0, 0.05) is 18.9 Å². The molecule has 1 heterocycles. The zero-order valence-corrected chi connectivity index (χ0v) is 8.27. The van der Waals surface area contributed by atoms with Gasteiger partial charge >= 0.3 is 0 Å². The molecule has 0 aromatic heterocycles. The van der Waals surface area contributed by atoms with Gasteiger partial charge in [-0.05, 0) is 19.3 Å². The maximum atomic E-state index is 11.5. The van der Waals surface area contributed by atoms with Crippen molar-refractivity contribution in [3.05, 3.63) is 0 Å². The zero-order chi connectivity index (χ0) is 11.4. The highest BCUT2D eigenvalue weighted by molar-refractivity contribution is 5.88. The normalized spacial score (nSPS) is 20.3. The molecule has 0 spiro atoms. The first-order valence-electron chi connectivity index (χ1n) is 4.81. The SMILES string of the molecule is NC(=O)C1CCCN1C(=O)CCC(=O)[O-]. The number of hydrogen-bond acceptors (Lipinski definition) is 4. The number of nitrogens with two attached hydrogens (primary N) is 1. The van der Waals surface area contributed by atoms with E-state index in [0.717, 1.165) is 6.42 Å². The molecule has 84 valence electrons. The Morgan fingerprint density at radius 3 is 2.53 bits per heavy atom. The first-order chi connectivity index (χ1) is 7.02. The van der Waals surface area contributed by atoms with Crippen LogP contribution in [-0.2, 0) is 14.4 Å². The van der Waals surface area contributed by atoms with Crippen molar-refractivity contribution in [2.45, 2.75) is 31.7 Å². The summed E-state index contributed by atoms with van der Waals surface area (Å²) in [5.74, 6) is -2.15. The molecule has 1 rings (SSSR count). The molecular weight excluding hydrogens is 200 g/mol. The predicted octanol–water partition coefficient (Wildman–Crippen LogP) is -2.01. The van der Waals surface area contributed by atoms with E-state index >= 15 is 0 Å². The van der Waals surface area contributed by atoms with E-state index in [1.807, 2.05) is 0 Å². The first kappa shape index (κ1) is 11.5. The number of aliphatic carboxylic acids is 1. The monoisotopic (exact) mass is 213 g/mol. The lowest BCUT2D eigenvalue weighted by Gasteiger charge is -2.22. The fraction of sp³-hybridized carbons (Fsp3) is 0.667. The molecule has 6 nitrogen and oxygen atoms in total. The van der Waals surface area contributed by atoms with Gasteiger partial charge in [0.25, 0.3) is 0 Å². The lowest BCUT2D eigenvalue weighted by Crippen LogP contribution is -2.44. The highest BCUT2D eigenvalue weighted by Crippen LogP contribution is 2.18. The summed E-state index contributed by atoms with van der Waals surface area (Å²) in [6.45, 7) is 0.472. The second-order valence-electron chi connectivity index (χ2n) is 3.52. The summed E-state index contributed by atoms with van der Waals surface area (Å²) in [5.41, 5.74) is 5.12. The van der Waals surface area contributed by atoms with Crippen molar-refractivity contribution in [3.63, 3.8) is 0 Å². The van der Waals surface area contributed by atoms with Crippen molar-refractivity contribution in [2.75, 3.05) is 6.54 Å². The molecule has 0 aromatic carbocycles. The van der Waals surface area contributed by atoms with Crippen molar-refractivity contribution in [3.8, 4) is 0 Å². The third kappa shape index (κ3) is 2.93. The zero-order valence-electron chi connectivity index (χ0n) is 8.27. The maximum Gasteiger partial charge on any atom is 0.240 e. The number of carboxylic acids is 1. The molecule has 1 fully saturated rings. The van der Waals surface area contributed by atoms with Gasteiger partial charge in [-0.1, -0.05) is 0 Å². The van der Waals surface area contributed by atoms with Gasteiger partial charge in [-0.25, -0.2) is 0 Å². The number of amides is 2. The minimum atomic E-state index is -1.27. The van der Waals surface area contributed by atoms with E-state index in [-0.39, 0.29) is 18.7 Å². The molecule has 0 bridgehead atoms. The Labute approximate surface area is 87.0 Å². The van der Waals surface area contributed by atoms with Crippen LogP contribution in [0.4, 0.5) is 0 Å². The van der Waals surface area contributed by atoms with Gasteiger partial charge in [0.1, 0.15) is 6.04 Å². The van der Waals surface area contributed by atoms with E-state index in [4.69, 9.17) is 5.73 Å². The van der Waals surface area contributed by atoms with Gasteiger partial charge in [0.05, 0.1) is 0 Å². The molecular formula is C9H13N2O4-. The van der Waals surface area contributed by atoms with E-state index in [2.05, 4.69) is 0 Å². The maximum absolute atomic E-state index is 11.5. The van der Waals surface area contributed by atoms with Crippen LogP contribution in [-0.4, -0.2) is 35.3 Å². The van der Waals surface area contributed by atoms with Gasteiger partial charge < -0.3 is 20.5 Å². The second kappa shape index (κ2) is 4.77. The highest BCUT2D eigenvalue weighted by Gasteiger charge is 2.31. The third-order valence-electron chi connectivity index (χ3n) is 2.44. The number of likely N-dealkylation sites (tertiary alicyclic amines) is 1. The Morgan fingerprint density at radius 1 is 1.33 bits per heavy atom. The molecule has 2 N–H and O–H groups in total. The quantitative estimate of drug-likeness (QED) is 0.582. The van der Waals surface area contributed by atoms with Crippen LogP contribution >= 0.6 is 0 Å². The fourth-order valence-corrected chi connectivity index (χ4v) is 1.71. The lowest BCUT2D eigenvalue weighted by molar-refractivity contribution is -0.305. The number of hydrogen-bond donors (Lipinski definition) is 1. The second-order valence-corrected chi connectivity index (χ2v) is 3.52. The van der Waals surface area contributed by atoms with E-state index < -0.39 is 17.9 Å². The number of nitrogens with zero attached hydrogens (tertiary/aromatic N) is 1. The highest BCUT2D eigenvalue weighted by atomic mass is 16.4. The van der Waals surface area contributed by atoms with E-state index in [1.54, 1.807) is 0 Å². The van der Waals surface area contributed by atoms with Crippen molar-refractivity contribution in [1.82, 2.24) is 4.90 Å². The summed E-state index contributed by atoms with van der Waals surface area (Å²) < 4.78 is 0. The minimum absolute atomic E-state index is 0.133. The van der Waals surface area contributed by atoms with Crippen molar-refractivity contribution in [2.24, 2.45) is 5.73 Å². The molecule has 0 saturated carbocycles. The molecule has 0 radical (unpaired) electrons. The predicted molar refractivity (Wildman–Crippen MR) is 48.2 cm³/mol. The number of rotatable bonds is 4. The van der Waals surface area contributed by atoms with Crippen LogP contribution in [0.15, 0.2) is 0 Å². The lowest BCUT2D eigenvalue weighted by atomic mass is 10.2. The summed E-state index contributed by atoms with van der Waals surface area (Å²) in [4.78, 5) is 34.0. The van der Waals surface area contributed by atoms with Crippen LogP contribution in [0.5, 0.6) is 0 Å². The van der Waals surface area contributed by atoms with Crippen LogP contribution in [0, 0.1) is 0 Å². The van der Waals surface area contributed by atoms with Crippen LogP contribution in [0.1, 0.15) is 25.7 Å².